The minimum atomic E-state index is 0.0808. The van der Waals surface area contributed by atoms with Crippen LogP contribution in [0.3, 0.4) is 0 Å². The Bertz CT molecular complexity index is 186. The van der Waals surface area contributed by atoms with Gasteiger partial charge in [-0.05, 0) is 25.7 Å². The van der Waals surface area contributed by atoms with E-state index in [2.05, 4.69) is 12.2 Å². The Kier molecular flexibility index (Phi) is 4.39. The van der Waals surface area contributed by atoms with Gasteiger partial charge < -0.3 is 10.1 Å². The van der Waals surface area contributed by atoms with Crippen molar-refractivity contribution in [3.05, 3.63) is 0 Å². The molecule has 0 aromatic rings. The van der Waals surface area contributed by atoms with Crippen molar-refractivity contribution in [1.29, 1.82) is 0 Å². The average Bonchev–Trinajstić information content (AvgIpc) is 2.19. The predicted octanol–water partition coefficient (Wildman–Crippen LogP) is 1.57. The Morgan fingerprint density at radius 2 is 1.86 bits per heavy atom. The SMILES string of the molecule is CC(C)C(=O)NC(C)C1CCOCC1. The molecule has 0 aromatic heterocycles. The van der Waals surface area contributed by atoms with Crippen LogP contribution in [0.2, 0.25) is 0 Å². The highest BCUT2D eigenvalue weighted by Crippen LogP contribution is 2.18. The lowest BCUT2D eigenvalue weighted by Crippen LogP contribution is -2.41. The summed E-state index contributed by atoms with van der Waals surface area (Å²) in [5.41, 5.74) is 0. The second kappa shape index (κ2) is 5.35. The summed E-state index contributed by atoms with van der Waals surface area (Å²) in [6.45, 7) is 7.62. The van der Waals surface area contributed by atoms with Gasteiger partial charge in [0, 0.05) is 25.2 Å². The molecule has 0 bridgehead atoms. The van der Waals surface area contributed by atoms with Crippen molar-refractivity contribution in [2.45, 2.75) is 39.7 Å². The summed E-state index contributed by atoms with van der Waals surface area (Å²) < 4.78 is 5.29. The number of nitrogens with one attached hydrogen (secondary N) is 1. The third-order valence-electron chi connectivity index (χ3n) is 2.87. The number of ether oxygens (including phenoxy) is 1. The van der Waals surface area contributed by atoms with Gasteiger partial charge in [-0.2, -0.15) is 0 Å². The number of hydrogen-bond donors (Lipinski definition) is 1. The lowest BCUT2D eigenvalue weighted by atomic mass is 9.92. The highest BCUT2D eigenvalue weighted by Gasteiger charge is 2.22. The number of carbonyl (C=O) groups excluding carboxylic acids is 1. The molecule has 1 N–H and O–H groups in total. The van der Waals surface area contributed by atoms with Crippen molar-refractivity contribution in [3.63, 3.8) is 0 Å². The molecule has 82 valence electrons. The predicted molar refractivity (Wildman–Crippen MR) is 56.0 cm³/mol. The third kappa shape index (κ3) is 3.29. The Hall–Kier alpha value is -0.570. The summed E-state index contributed by atoms with van der Waals surface area (Å²) in [4.78, 5) is 11.5. The van der Waals surface area contributed by atoms with Crippen LogP contribution in [-0.2, 0) is 9.53 Å². The van der Waals surface area contributed by atoms with Gasteiger partial charge in [0.15, 0.2) is 0 Å². The largest absolute Gasteiger partial charge is 0.381 e. The molecular weight excluding hydrogens is 178 g/mol. The molecule has 3 nitrogen and oxygen atoms in total. The molecule has 1 atom stereocenters. The second-order valence-corrected chi connectivity index (χ2v) is 4.40. The van der Waals surface area contributed by atoms with Crippen molar-refractivity contribution < 1.29 is 9.53 Å². The fourth-order valence-electron chi connectivity index (χ4n) is 1.72. The summed E-state index contributed by atoms with van der Waals surface area (Å²) in [6.07, 6.45) is 2.14. The smallest absolute Gasteiger partial charge is 0.222 e. The molecule has 0 radical (unpaired) electrons. The van der Waals surface area contributed by atoms with Crippen molar-refractivity contribution in [2.75, 3.05) is 13.2 Å². The van der Waals surface area contributed by atoms with Gasteiger partial charge in [0.2, 0.25) is 5.91 Å². The molecule has 1 saturated heterocycles. The van der Waals surface area contributed by atoms with Crippen LogP contribution in [-0.4, -0.2) is 25.2 Å². The first kappa shape index (κ1) is 11.5. The first-order chi connectivity index (χ1) is 6.61. The van der Waals surface area contributed by atoms with E-state index in [9.17, 15) is 4.79 Å². The quantitative estimate of drug-likeness (QED) is 0.749. The van der Waals surface area contributed by atoms with Crippen molar-refractivity contribution in [3.8, 4) is 0 Å². The van der Waals surface area contributed by atoms with Gasteiger partial charge in [-0.15, -0.1) is 0 Å². The molecule has 1 amide bonds. The fraction of sp³-hybridized carbons (Fsp3) is 0.909. The van der Waals surface area contributed by atoms with E-state index < -0.39 is 0 Å². The number of rotatable bonds is 3. The summed E-state index contributed by atoms with van der Waals surface area (Å²) in [5.74, 6) is 0.827. The van der Waals surface area contributed by atoms with Crippen LogP contribution in [0.25, 0.3) is 0 Å². The molecule has 14 heavy (non-hydrogen) atoms. The summed E-state index contributed by atoms with van der Waals surface area (Å²) in [5, 5.41) is 3.05. The zero-order valence-corrected chi connectivity index (χ0v) is 9.38. The van der Waals surface area contributed by atoms with Crippen LogP contribution in [0.4, 0.5) is 0 Å². The van der Waals surface area contributed by atoms with Crippen LogP contribution in [0, 0.1) is 11.8 Å². The maximum atomic E-state index is 11.5. The zero-order chi connectivity index (χ0) is 10.6. The molecule has 1 heterocycles. The third-order valence-corrected chi connectivity index (χ3v) is 2.87. The van der Waals surface area contributed by atoms with Crippen LogP contribution in [0.15, 0.2) is 0 Å². The molecule has 0 spiro atoms. The minimum absolute atomic E-state index is 0.0808. The monoisotopic (exact) mass is 199 g/mol. The molecule has 1 unspecified atom stereocenters. The van der Waals surface area contributed by atoms with Crippen molar-refractivity contribution in [1.82, 2.24) is 5.32 Å². The summed E-state index contributed by atoms with van der Waals surface area (Å²) >= 11 is 0. The van der Waals surface area contributed by atoms with Gasteiger partial charge in [-0.25, -0.2) is 0 Å². The molecule has 3 heteroatoms. The summed E-state index contributed by atoms with van der Waals surface area (Å²) in [6, 6.07) is 0.286. The highest BCUT2D eigenvalue weighted by molar-refractivity contribution is 5.78. The van der Waals surface area contributed by atoms with Crippen LogP contribution in [0.5, 0.6) is 0 Å². The lowest BCUT2D eigenvalue weighted by Gasteiger charge is -2.28. The van der Waals surface area contributed by atoms with E-state index >= 15 is 0 Å². The van der Waals surface area contributed by atoms with Gasteiger partial charge in [0.25, 0.3) is 0 Å². The van der Waals surface area contributed by atoms with Crippen molar-refractivity contribution in [2.24, 2.45) is 11.8 Å². The van der Waals surface area contributed by atoms with Crippen molar-refractivity contribution >= 4 is 5.91 Å². The van der Waals surface area contributed by atoms with E-state index in [1.807, 2.05) is 13.8 Å². The van der Waals surface area contributed by atoms with E-state index in [0.717, 1.165) is 26.1 Å². The molecule has 0 aliphatic carbocycles. The topological polar surface area (TPSA) is 38.3 Å². The molecule has 1 fully saturated rings. The van der Waals surface area contributed by atoms with Gasteiger partial charge in [-0.3, -0.25) is 4.79 Å². The van der Waals surface area contributed by atoms with E-state index in [1.54, 1.807) is 0 Å². The maximum Gasteiger partial charge on any atom is 0.222 e. The van der Waals surface area contributed by atoms with E-state index in [1.165, 1.54) is 0 Å². The Balaban J connectivity index is 2.32. The number of hydrogen-bond acceptors (Lipinski definition) is 2. The molecule has 1 aliphatic heterocycles. The lowest BCUT2D eigenvalue weighted by molar-refractivity contribution is -0.125. The first-order valence-electron chi connectivity index (χ1n) is 5.49. The van der Waals surface area contributed by atoms with Crippen LogP contribution in [0.1, 0.15) is 33.6 Å². The van der Waals surface area contributed by atoms with Gasteiger partial charge >= 0.3 is 0 Å². The zero-order valence-electron chi connectivity index (χ0n) is 9.38. The van der Waals surface area contributed by atoms with E-state index in [4.69, 9.17) is 4.74 Å². The number of carbonyl (C=O) groups is 1. The molecule has 1 rings (SSSR count). The molecule has 0 aromatic carbocycles. The van der Waals surface area contributed by atoms with E-state index in [0.29, 0.717) is 5.92 Å². The number of amides is 1. The molecular formula is C11H21NO2. The molecule has 0 saturated carbocycles. The average molecular weight is 199 g/mol. The Morgan fingerprint density at radius 3 is 2.36 bits per heavy atom. The Morgan fingerprint density at radius 1 is 1.29 bits per heavy atom. The Labute approximate surface area is 86.2 Å². The van der Waals surface area contributed by atoms with Gasteiger partial charge in [0.1, 0.15) is 0 Å². The second-order valence-electron chi connectivity index (χ2n) is 4.40. The highest BCUT2D eigenvalue weighted by atomic mass is 16.5. The van der Waals surface area contributed by atoms with Gasteiger partial charge in [-0.1, -0.05) is 13.8 Å². The van der Waals surface area contributed by atoms with E-state index in [-0.39, 0.29) is 17.9 Å². The fourth-order valence-corrected chi connectivity index (χ4v) is 1.72. The maximum absolute atomic E-state index is 11.5. The summed E-state index contributed by atoms with van der Waals surface area (Å²) in [7, 11) is 0. The van der Waals surface area contributed by atoms with Gasteiger partial charge in [0.05, 0.1) is 0 Å². The minimum Gasteiger partial charge on any atom is -0.381 e. The normalized spacial score (nSPS) is 20.9. The first-order valence-corrected chi connectivity index (χ1v) is 5.49. The van der Waals surface area contributed by atoms with Crippen LogP contribution < -0.4 is 5.32 Å². The van der Waals surface area contributed by atoms with Crippen LogP contribution >= 0.6 is 0 Å². The standard InChI is InChI=1S/C11H21NO2/c1-8(2)11(13)12-9(3)10-4-6-14-7-5-10/h8-10H,4-7H2,1-3H3,(H,12,13). The molecule has 1 aliphatic rings.